The van der Waals surface area contributed by atoms with E-state index in [4.69, 9.17) is 11.6 Å². The van der Waals surface area contributed by atoms with Gasteiger partial charge in [-0.15, -0.1) is 13.2 Å². The van der Waals surface area contributed by atoms with Crippen LogP contribution in [-0.4, -0.2) is 53.2 Å². The summed E-state index contributed by atoms with van der Waals surface area (Å²) in [5.74, 6) is -1.05. The van der Waals surface area contributed by atoms with Gasteiger partial charge in [0.25, 0.3) is 0 Å². The summed E-state index contributed by atoms with van der Waals surface area (Å²) in [5.41, 5.74) is 0.712. The zero-order valence-electron chi connectivity index (χ0n) is 19.2. The lowest BCUT2D eigenvalue weighted by molar-refractivity contribution is -0.342. The zero-order valence-corrected chi connectivity index (χ0v) is 19.9. The average molecular weight is 514 g/mol. The first-order chi connectivity index (χ1) is 16.5. The number of amides is 3. The molecule has 1 aromatic rings. The molecule has 3 amide bonds. The predicted octanol–water partition coefficient (Wildman–Crippen LogP) is 3.85. The van der Waals surface area contributed by atoms with Gasteiger partial charge in [-0.05, 0) is 30.9 Å². The Bertz CT molecular complexity index is 1010. The average Bonchev–Trinajstić information content (AvgIpc) is 2.78. The number of likely N-dealkylation sites (tertiary alicyclic amines) is 1. The molecule has 190 valence electrons. The quantitative estimate of drug-likeness (QED) is 0.542. The second-order valence-electron chi connectivity index (χ2n) is 8.41. The number of halogens is 4. The number of carbonyl (C=O) groups is 3. The van der Waals surface area contributed by atoms with Gasteiger partial charge in [-0.1, -0.05) is 48.0 Å². The van der Waals surface area contributed by atoms with Crippen LogP contribution in [-0.2, 0) is 19.1 Å². The van der Waals surface area contributed by atoms with Crippen LogP contribution >= 0.6 is 11.6 Å². The van der Waals surface area contributed by atoms with E-state index in [2.05, 4.69) is 15.4 Å². The van der Waals surface area contributed by atoms with E-state index in [0.29, 0.717) is 18.5 Å². The number of nitrogens with zero attached hydrogens (tertiary/aromatic N) is 1. The van der Waals surface area contributed by atoms with E-state index in [1.165, 1.54) is 24.0 Å². The van der Waals surface area contributed by atoms with Crippen LogP contribution in [0, 0.1) is 0 Å². The molecule has 1 aliphatic heterocycles. The highest BCUT2D eigenvalue weighted by Crippen LogP contribution is 2.45. The van der Waals surface area contributed by atoms with Crippen molar-refractivity contribution in [2.45, 2.75) is 56.5 Å². The molecule has 7 nitrogen and oxygen atoms in total. The summed E-state index contributed by atoms with van der Waals surface area (Å²) in [6.45, 7) is 1.88. The summed E-state index contributed by atoms with van der Waals surface area (Å²) in [4.78, 5) is 38.2. The number of carbonyl (C=O) groups excluding carboxylic acids is 3. The smallest absolute Gasteiger partial charge is 0.356 e. The monoisotopic (exact) mass is 513 g/mol. The molecule has 0 radical (unpaired) electrons. The van der Waals surface area contributed by atoms with Gasteiger partial charge in [0.15, 0.2) is 5.06 Å². The van der Waals surface area contributed by atoms with Crippen molar-refractivity contribution in [2.75, 3.05) is 13.1 Å². The highest BCUT2D eigenvalue weighted by molar-refractivity contribution is 6.29. The highest BCUT2D eigenvalue weighted by Gasteiger charge is 2.47. The van der Waals surface area contributed by atoms with Crippen molar-refractivity contribution in [1.82, 2.24) is 15.5 Å². The maximum atomic E-state index is 13.2. The Hall–Kier alpha value is -2.85. The molecule has 2 atom stereocenters. The summed E-state index contributed by atoms with van der Waals surface area (Å²) in [6, 6.07) is 7.52. The topological polar surface area (TPSA) is 87.7 Å². The van der Waals surface area contributed by atoms with Crippen molar-refractivity contribution < 1.29 is 32.3 Å². The van der Waals surface area contributed by atoms with Crippen LogP contribution in [0.3, 0.4) is 0 Å². The number of hydrogen-bond donors (Lipinski definition) is 2. The van der Waals surface area contributed by atoms with Crippen LogP contribution in [0.15, 0.2) is 48.2 Å². The fraction of sp³-hybridized carbons (Fsp3) is 0.458. The second-order valence-corrected chi connectivity index (χ2v) is 9.02. The van der Waals surface area contributed by atoms with Gasteiger partial charge in [0, 0.05) is 44.1 Å². The number of ether oxygens (including phenoxy) is 1. The Morgan fingerprint density at radius 2 is 1.89 bits per heavy atom. The van der Waals surface area contributed by atoms with Crippen LogP contribution in [0.5, 0.6) is 0 Å². The maximum absolute atomic E-state index is 13.2. The first-order valence-electron chi connectivity index (χ1n) is 11.3. The van der Waals surface area contributed by atoms with E-state index in [0.717, 1.165) is 12.8 Å². The zero-order chi connectivity index (χ0) is 25.6. The van der Waals surface area contributed by atoms with E-state index >= 15 is 0 Å². The molecule has 0 saturated carbocycles. The summed E-state index contributed by atoms with van der Waals surface area (Å²) in [7, 11) is 0. The summed E-state index contributed by atoms with van der Waals surface area (Å²) < 4.78 is 44.0. The Kier molecular flexibility index (Phi) is 8.60. The Labute approximate surface area is 206 Å². The standard InChI is InChI=1S/C24H27ClF3N3O4/c1-16(32)29-13-12-21(33)31-14-6-5-9-20(31)22(34)30-18-10-11-19(17-7-3-2-4-8-17)23(25,15-18)35-24(26,27)28/h2-4,7-8,10-11,20H,5-6,9,12-15H2,1H3,(H,29,32)(H,30,34). The van der Waals surface area contributed by atoms with E-state index in [-0.39, 0.29) is 36.1 Å². The molecule has 0 spiro atoms. The fourth-order valence-electron chi connectivity index (χ4n) is 4.23. The molecule has 3 rings (SSSR count). The molecule has 1 fully saturated rings. The van der Waals surface area contributed by atoms with Crippen LogP contribution in [0.4, 0.5) is 13.2 Å². The number of nitrogens with one attached hydrogen (secondary N) is 2. The van der Waals surface area contributed by atoms with Crippen LogP contribution in [0.1, 0.15) is 44.6 Å². The lowest BCUT2D eigenvalue weighted by Gasteiger charge is -2.37. The predicted molar refractivity (Wildman–Crippen MR) is 124 cm³/mol. The molecular formula is C24H27ClF3N3O4. The van der Waals surface area contributed by atoms with Gasteiger partial charge >= 0.3 is 6.36 Å². The van der Waals surface area contributed by atoms with Crippen molar-refractivity contribution in [3.8, 4) is 0 Å². The molecule has 2 unspecified atom stereocenters. The van der Waals surface area contributed by atoms with Gasteiger partial charge in [0.2, 0.25) is 17.7 Å². The lowest BCUT2D eigenvalue weighted by Crippen LogP contribution is -2.52. The van der Waals surface area contributed by atoms with Gasteiger partial charge < -0.3 is 15.5 Å². The molecule has 2 aliphatic rings. The third-order valence-electron chi connectivity index (χ3n) is 5.76. The fourth-order valence-corrected chi connectivity index (χ4v) is 4.63. The molecule has 0 aromatic heterocycles. The number of rotatable bonds is 7. The van der Waals surface area contributed by atoms with Gasteiger partial charge in [-0.3, -0.25) is 19.1 Å². The largest absolute Gasteiger partial charge is 0.524 e. The molecule has 1 aliphatic carbocycles. The number of allylic oxidation sites excluding steroid dienone is 2. The second kappa shape index (κ2) is 11.3. The normalized spacial score (nSPS) is 22.7. The van der Waals surface area contributed by atoms with E-state index in [1.807, 2.05) is 0 Å². The van der Waals surface area contributed by atoms with E-state index < -0.39 is 29.8 Å². The van der Waals surface area contributed by atoms with Crippen molar-refractivity contribution in [2.24, 2.45) is 0 Å². The minimum atomic E-state index is -5.01. The van der Waals surface area contributed by atoms with Crippen molar-refractivity contribution in [3.63, 3.8) is 0 Å². The molecule has 35 heavy (non-hydrogen) atoms. The van der Waals surface area contributed by atoms with Gasteiger partial charge in [0.05, 0.1) is 0 Å². The molecule has 11 heteroatoms. The summed E-state index contributed by atoms with van der Waals surface area (Å²) in [5, 5.41) is 2.91. The maximum Gasteiger partial charge on any atom is 0.524 e. The van der Waals surface area contributed by atoms with Crippen molar-refractivity contribution >= 4 is 34.9 Å². The Balaban J connectivity index is 1.77. The molecule has 1 saturated heterocycles. The number of piperidine rings is 1. The SMILES string of the molecule is CC(=O)NCCC(=O)N1CCCCC1C(=O)NC1=CC=C(c2ccccc2)C(Cl)(OC(F)(F)F)C1. The summed E-state index contributed by atoms with van der Waals surface area (Å²) in [6.07, 6.45) is -0.656. The number of benzene rings is 1. The number of hydrogen-bond acceptors (Lipinski definition) is 4. The molecule has 1 aromatic carbocycles. The molecule has 1 heterocycles. The molecule has 2 N–H and O–H groups in total. The van der Waals surface area contributed by atoms with Crippen molar-refractivity contribution in [3.05, 3.63) is 53.7 Å². The van der Waals surface area contributed by atoms with Crippen LogP contribution < -0.4 is 10.6 Å². The van der Waals surface area contributed by atoms with Gasteiger partial charge in [-0.2, -0.15) is 0 Å². The van der Waals surface area contributed by atoms with Crippen molar-refractivity contribution in [1.29, 1.82) is 0 Å². The number of alkyl halides is 4. The van der Waals surface area contributed by atoms with Gasteiger partial charge in [0.1, 0.15) is 6.04 Å². The molecule has 0 bridgehead atoms. The van der Waals surface area contributed by atoms with Crippen LogP contribution in [0.2, 0.25) is 0 Å². The third-order valence-corrected chi connectivity index (χ3v) is 6.17. The summed E-state index contributed by atoms with van der Waals surface area (Å²) >= 11 is 6.38. The minimum absolute atomic E-state index is 0.0411. The first kappa shape index (κ1) is 26.7. The molecular weight excluding hydrogens is 487 g/mol. The Morgan fingerprint density at radius 3 is 2.54 bits per heavy atom. The van der Waals surface area contributed by atoms with E-state index in [9.17, 15) is 27.6 Å². The first-order valence-corrected chi connectivity index (χ1v) is 11.6. The van der Waals surface area contributed by atoms with Crippen LogP contribution in [0.25, 0.3) is 5.57 Å². The minimum Gasteiger partial charge on any atom is -0.356 e. The van der Waals surface area contributed by atoms with E-state index in [1.54, 1.807) is 30.3 Å². The third kappa shape index (κ3) is 7.32. The van der Waals surface area contributed by atoms with Gasteiger partial charge in [-0.25, -0.2) is 0 Å². The highest BCUT2D eigenvalue weighted by atomic mass is 35.5. The lowest BCUT2D eigenvalue weighted by atomic mass is 9.92. The Morgan fingerprint density at radius 1 is 1.17 bits per heavy atom.